The SMILES string of the molecule is c1ccc(-n2nc3cccc(-c4cccc5nn(-c6ccccc6)nc45)c3n2)cc1. The second kappa shape index (κ2) is 6.63. The molecule has 0 aliphatic rings. The highest BCUT2D eigenvalue weighted by Gasteiger charge is 2.15. The van der Waals surface area contributed by atoms with E-state index in [1.165, 1.54) is 0 Å². The van der Waals surface area contributed by atoms with Crippen LogP contribution in [0, 0.1) is 0 Å². The number of para-hydroxylation sites is 2. The molecule has 2 aromatic heterocycles. The summed E-state index contributed by atoms with van der Waals surface area (Å²) in [6.45, 7) is 0. The molecule has 0 atom stereocenters. The molecule has 0 saturated carbocycles. The molecule has 0 aliphatic carbocycles. The van der Waals surface area contributed by atoms with Crippen LogP contribution in [0.2, 0.25) is 0 Å². The van der Waals surface area contributed by atoms with Gasteiger partial charge in [0.25, 0.3) is 0 Å². The summed E-state index contributed by atoms with van der Waals surface area (Å²) in [7, 11) is 0. The first-order valence-electron chi connectivity index (χ1n) is 9.70. The molecule has 6 rings (SSSR count). The summed E-state index contributed by atoms with van der Waals surface area (Å²) in [5.74, 6) is 0. The summed E-state index contributed by atoms with van der Waals surface area (Å²) in [5, 5.41) is 18.9. The van der Waals surface area contributed by atoms with Crippen LogP contribution in [-0.2, 0) is 0 Å². The normalized spacial score (nSPS) is 11.3. The number of hydrogen-bond acceptors (Lipinski definition) is 4. The zero-order valence-corrected chi connectivity index (χ0v) is 15.9. The van der Waals surface area contributed by atoms with Crippen molar-refractivity contribution in [3.63, 3.8) is 0 Å². The van der Waals surface area contributed by atoms with Gasteiger partial charge in [-0.15, -0.1) is 20.4 Å². The molecule has 6 heteroatoms. The van der Waals surface area contributed by atoms with Crippen LogP contribution in [0.3, 0.4) is 0 Å². The van der Waals surface area contributed by atoms with E-state index in [0.29, 0.717) is 0 Å². The van der Waals surface area contributed by atoms with E-state index in [2.05, 4.69) is 22.3 Å². The molecule has 0 saturated heterocycles. The number of benzene rings is 4. The van der Waals surface area contributed by atoms with E-state index in [1.807, 2.05) is 84.9 Å². The monoisotopic (exact) mass is 388 g/mol. The highest BCUT2D eigenvalue weighted by atomic mass is 15.5. The summed E-state index contributed by atoms with van der Waals surface area (Å²) in [5.41, 5.74) is 7.17. The fourth-order valence-electron chi connectivity index (χ4n) is 3.66. The largest absolute Gasteiger partial charge is 0.150 e. The van der Waals surface area contributed by atoms with Crippen LogP contribution in [0.5, 0.6) is 0 Å². The van der Waals surface area contributed by atoms with Crippen LogP contribution in [0.1, 0.15) is 0 Å². The first-order chi connectivity index (χ1) is 14.9. The van der Waals surface area contributed by atoms with E-state index in [0.717, 1.165) is 44.6 Å². The van der Waals surface area contributed by atoms with Crippen molar-refractivity contribution in [1.29, 1.82) is 0 Å². The minimum atomic E-state index is 0.836. The molecule has 0 radical (unpaired) electrons. The van der Waals surface area contributed by atoms with Crippen LogP contribution in [0.15, 0.2) is 97.1 Å². The molecule has 6 nitrogen and oxygen atoms in total. The first-order valence-corrected chi connectivity index (χ1v) is 9.70. The fraction of sp³-hybridized carbons (Fsp3) is 0. The minimum Gasteiger partial charge on any atom is -0.150 e. The topological polar surface area (TPSA) is 61.4 Å². The Morgan fingerprint density at radius 2 is 0.833 bits per heavy atom. The van der Waals surface area contributed by atoms with Gasteiger partial charge in [0.2, 0.25) is 0 Å². The summed E-state index contributed by atoms with van der Waals surface area (Å²) in [6, 6.07) is 31.9. The molecule has 0 spiro atoms. The maximum Gasteiger partial charge on any atom is 0.121 e. The zero-order valence-electron chi connectivity index (χ0n) is 15.9. The van der Waals surface area contributed by atoms with Gasteiger partial charge in [0.15, 0.2) is 0 Å². The standard InChI is InChI=1S/C24H16N6/c1-3-9-17(10-4-1)29-25-21-15-7-13-19(23(21)27-29)20-14-8-16-22-24(20)28-30(26-22)18-11-5-2-6-12-18/h1-16H. The Labute approximate surface area is 172 Å². The molecule has 0 fully saturated rings. The van der Waals surface area contributed by atoms with Crippen molar-refractivity contribution in [2.24, 2.45) is 0 Å². The molecule has 0 bridgehead atoms. The molecule has 30 heavy (non-hydrogen) atoms. The Kier molecular flexibility index (Phi) is 3.67. The lowest BCUT2D eigenvalue weighted by atomic mass is 10.0. The lowest BCUT2D eigenvalue weighted by Crippen LogP contribution is -1.97. The van der Waals surface area contributed by atoms with E-state index in [4.69, 9.17) is 10.2 Å². The van der Waals surface area contributed by atoms with Gasteiger partial charge in [-0.05, 0) is 36.4 Å². The Morgan fingerprint density at radius 3 is 1.27 bits per heavy atom. The number of hydrogen-bond donors (Lipinski definition) is 0. The van der Waals surface area contributed by atoms with Gasteiger partial charge in [-0.3, -0.25) is 0 Å². The summed E-state index contributed by atoms with van der Waals surface area (Å²) in [4.78, 5) is 3.35. The van der Waals surface area contributed by atoms with Crippen LogP contribution < -0.4 is 0 Å². The molecule has 0 aliphatic heterocycles. The van der Waals surface area contributed by atoms with Crippen molar-refractivity contribution in [2.75, 3.05) is 0 Å². The number of nitrogens with zero attached hydrogens (tertiary/aromatic N) is 6. The minimum absolute atomic E-state index is 0.836. The third-order valence-electron chi connectivity index (χ3n) is 5.09. The number of aromatic nitrogens is 6. The van der Waals surface area contributed by atoms with E-state index in [9.17, 15) is 0 Å². The molecule has 2 heterocycles. The number of rotatable bonds is 3. The molecule has 4 aromatic carbocycles. The van der Waals surface area contributed by atoms with Gasteiger partial charge in [-0.1, -0.05) is 60.7 Å². The van der Waals surface area contributed by atoms with Crippen molar-refractivity contribution >= 4 is 22.1 Å². The maximum absolute atomic E-state index is 4.78. The zero-order chi connectivity index (χ0) is 19.9. The second-order valence-electron chi connectivity index (χ2n) is 7.00. The van der Waals surface area contributed by atoms with E-state index in [1.54, 1.807) is 9.59 Å². The molecule has 0 N–H and O–H groups in total. The summed E-state index contributed by atoms with van der Waals surface area (Å²) < 4.78 is 0. The quantitative estimate of drug-likeness (QED) is 0.436. The number of fused-ring (bicyclic) bond motifs is 2. The van der Waals surface area contributed by atoms with Crippen molar-refractivity contribution < 1.29 is 0 Å². The Balaban J connectivity index is 1.55. The third-order valence-corrected chi connectivity index (χ3v) is 5.09. The van der Waals surface area contributed by atoms with Crippen molar-refractivity contribution in [2.45, 2.75) is 0 Å². The van der Waals surface area contributed by atoms with Crippen molar-refractivity contribution in [3.05, 3.63) is 97.1 Å². The van der Waals surface area contributed by atoms with E-state index >= 15 is 0 Å². The summed E-state index contributed by atoms with van der Waals surface area (Å²) >= 11 is 0. The highest BCUT2D eigenvalue weighted by Crippen LogP contribution is 2.31. The Hall–Kier alpha value is -4.32. The lowest BCUT2D eigenvalue weighted by Gasteiger charge is -2.02. The van der Waals surface area contributed by atoms with Crippen LogP contribution in [0.25, 0.3) is 44.6 Å². The Morgan fingerprint density at radius 1 is 0.400 bits per heavy atom. The molecule has 6 aromatic rings. The van der Waals surface area contributed by atoms with E-state index in [-0.39, 0.29) is 0 Å². The van der Waals surface area contributed by atoms with E-state index < -0.39 is 0 Å². The second-order valence-corrected chi connectivity index (χ2v) is 7.00. The molecule has 0 amide bonds. The average Bonchev–Trinajstić information content (AvgIpc) is 3.44. The maximum atomic E-state index is 4.78. The average molecular weight is 388 g/mol. The lowest BCUT2D eigenvalue weighted by molar-refractivity contribution is 0.765. The highest BCUT2D eigenvalue weighted by molar-refractivity contribution is 6.00. The fourth-order valence-corrected chi connectivity index (χ4v) is 3.66. The smallest absolute Gasteiger partial charge is 0.121 e. The molecule has 0 unspecified atom stereocenters. The van der Waals surface area contributed by atoms with Gasteiger partial charge >= 0.3 is 0 Å². The van der Waals surface area contributed by atoms with Crippen molar-refractivity contribution in [3.8, 4) is 22.5 Å². The summed E-state index contributed by atoms with van der Waals surface area (Å²) in [6.07, 6.45) is 0. The van der Waals surface area contributed by atoms with Gasteiger partial charge in [0.1, 0.15) is 22.1 Å². The predicted molar refractivity (Wildman–Crippen MR) is 117 cm³/mol. The van der Waals surface area contributed by atoms with Gasteiger partial charge in [-0.2, -0.15) is 9.59 Å². The van der Waals surface area contributed by atoms with Crippen molar-refractivity contribution in [1.82, 2.24) is 30.0 Å². The van der Waals surface area contributed by atoms with Gasteiger partial charge in [-0.25, -0.2) is 0 Å². The predicted octanol–water partition coefficient (Wildman–Crippen LogP) is 4.82. The van der Waals surface area contributed by atoms with Crippen LogP contribution in [0.4, 0.5) is 0 Å². The Bertz CT molecular complexity index is 1370. The van der Waals surface area contributed by atoms with Crippen LogP contribution in [-0.4, -0.2) is 30.0 Å². The molecular weight excluding hydrogens is 372 g/mol. The molecular formula is C24H16N6. The first kappa shape index (κ1) is 16.6. The van der Waals surface area contributed by atoms with Crippen LogP contribution >= 0.6 is 0 Å². The third kappa shape index (κ3) is 2.66. The van der Waals surface area contributed by atoms with Gasteiger partial charge < -0.3 is 0 Å². The van der Waals surface area contributed by atoms with Gasteiger partial charge in [0.05, 0.1) is 11.4 Å². The van der Waals surface area contributed by atoms with Gasteiger partial charge in [0, 0.05) is 11.1 Å². The molecule has 142 valence electrons.